The van der Waals surface area contributed by atoms with Crippen LogP contribution in [0, 0.1) is 0 Å². The molecule has 0 fully saturated rings. The fourth-order valence-electron chi connectivity index (χ4n) is 2.75. The molecule has 3 rings (SSSR count). The van der Waals surface area contributed by atoms with E-state index in [9.17, 15) is 4.57 Å². The molecular weight excluding hydrogens is 423 g/mol. The lowest BCUT2D eigenvalue weighted by atomic mass is 10.2. The molecule has 1 N–H and O–H groups in total. The summed E-state index contributed by atoms with van der Waals surface area (Å²) >= 11 is 6.24. The predicted molar refractivity (Wildman–Crippen MR) is 121 cm³/mol. The van der Waals surface area contributed by atoms with E-state index in [4.69, 9.17) is 25.1 Å². The molecule has 1 heterocycles. The van der Waals surface area contributed by atoms with Crippen LogP contribution in [0.3, 0.4) is 0 Å². The summed E-state index contributed by atoms with van der Waals surface area (Å²) in [5.41, 5.74) is 1.97. The molecule has 0 spiro atoms. The highest BCUT2D eigenvalue weighted by molar-refractivity contribution is 7.62. The number of anilines is 1. The maximum Gasteiger partial charge on any atom is 0.385 e. The van der Waals surface area contributed by atoms with Gasteiger partial charge in [0, 0.05) is 17.6 Å². The summed E-state index contributed by atoms with van der Waals surface area (Å²) in [7, 11) is -3.65. The van der Waals surface area contributed by atoms with Crippen LogP contribution in [0.4, 0.5) is 5.88 Å². The van der Waals surface area contributed by atoms with Gasteiger partial charge >= 0.3 is 7.60 Å². The second-order valence-electron chi connectivity index (χ2n) is 6.23. The molecule has 0 unspecified atom stereocenters. The van der Waals surface area contributed by atoms with E-state index in [1.807, 2.05) is 54.6 Å². The number of halogens is 1. The first-order valence-corrected chi connectivity index (χ1v) is 11.6. The van der Waals surface area contributed by atoms with Gasteiger partial charge in [-0.15, -0.1) is 0 Å². The van der Waals surface area contributed by atoms with Crippen molar-refractivity contribution in [3.63, 3.8) is 0 Å². The number of aromatic nitrogens is 1. The Hall–Kier alpha value is -2.37. The Labute approximate surface area is 181 Å². The first-order valence-electron chi connectivity index (χ1n) is 9.66. The zero-order chi connectivity index (χ0) is 21.4. The van der Waals surface area contributed by atoms with Gasteiger partial charge in [0.05, 0.1) is 13.2 Å². The maximum atomic E-state index is 13.3. The summed E-state index contributed by atoms with van der Waals surface area (Å²) in [4.78, 5) is 4.41. The quantitative estimate of drug-likeness (QED) is 0.385. The van der Waals surface area contributed by atoms with Crippen molar-refractivity contribution in [3.05, 3.63) is 76.6 Å². The standard InChI is InChI=1S/C22H24ClN2O4P/c1-3-27-30(26,28-4-2)22-21(24-16-18-12-8-9-13-19(18)23)29-20(25-22)15-14-17-10-6-5-7-11-17/h5-15,24H,3-4,16H2,1-2H3. The third kappa shape index (κ3) is 5.61. The number of nitrogens with zero attached hydrogens (tertiary/aromatic N) is 1. The third-order valence-corrected chi connectivity index (χ3v) is 6.49. The van der Waals surface area contributed by atoms with Crippen LogP contribution in [0.15, 0.2) is 59.0 Å². The molecule has 8 heteroatoms. The average molecular weight is 447 g/mol. The third-order valence-electron chi connectivity index (χ3n) is 4.10. The van der Waals surface area contributed by atoms with E-state index in [2.05, 4.69) is 10.3 Å². The fraction of sp³-hybridized carbons (Fsp3) is 0.227. The molecule has 3 aromatic rings. The number of benzene rings is 2. The molecule has 1 aromatic heterocycles. The molecule has 0 bridgehead atoms. The lowest BCUT2D eigenvalue weighted by Crippen LogP contribution is -2.16. The minimum absolute atomic E-state index is 0.117. The van der Waals surface area contributed by atoms with E-state index in [-0.39, 0.29) is 30.4 Å². The molecule has 0 radical (unpaired) electrons. The van der Waals surface area contributed by atoms with Gasteiger partial charge in [0.25, 0.3) is 0 Å². The monoisotopic (exact) mass is 446 g/mol. The van der Waals surface area contributed by atoms with Crippen molar-refractivity contribution in [2.75, 3.05) is 18.5 Å². The highest BCUT2D eigenvalue weighted by atomic mass is 35.5. The fourth-order valence-corrected chi connectivity index (χ4v) is 4.54. The summed E-state index contributed by atoms with van der Waals surface area (Å²) in [5.74, 6) is 0.517. The molecule has 30 heavy (non-hydrogen) atoms. The summed E-state index contributed by atoms with van der Waals surface area (Å²) < 4.78 is 30.1. The first-order chi connectivity index (χ1) is 14.6. The number of hydrogen-bond acceptors (Lipinski definition) is 6. The van der Waals surface area contributed by atoms with Crippen molar-refractivity contribution in [3.8, 4) is 0 Å². The van der Waals surface area contributed by atoms with Crippen molar-refractivity contribution in [1.29, 1.82) is 0 Å². The Morgan fingerprint density at radius 2 is 1.70 bits per heavy atom. The molecule has 0 atom stereocenters. The number of nitrogens with one attached hydrogen (secondary N) is 1. The molecule has 0 saturated carbocycles. The van der Waals surface area contributed by atoms with E-state index in [0.717, 1.165) is 11.1 Å². The topological polar surface area (TPSA) is 73.6 Å². The van der Waals surface area contributed by atoms with Crippen LogP contribution in [-0.4, -0.2) is 18.2 Å². The molecule has 0 saturated heterocycles. The average Bonchev–Trinajstić information content (AvgIpc) is 3.17. The minimum Gasteiger partial charge on any atom is -0.420 e. The van der Waals surface area contributed by atoms with Crippen molar-refractivity contribution in [1.82, 2.24) is 4.98 Å². The Morgan fingerprint density at radius 1 is 1.03 bits per heavy atom. The van der Waals surface area contributed by atoms with Gasteiger partial charge in [0.2, 0.25) is 17.2 Å². The summed E-state index contributed by atoms with van der Waals surface area (Å²) in [6.45, 7) is 4.28. The van der Waals surface area contributed by atoms with Crippen LogP contribution >= 0.6 is 19.2 Å². The van der Waals surface area contributed by atoms with Crippen molar-refractivity contribution >= 4 is 42.7 Å². The number of oxazole rings is 1. The van der Waals surface area contributed by atoms with Crippen LogP contribution in [0.1, 0.15) is 30.9 Å². The van der Waals surface area contributed by atoms with Crippen LogP contribution in [-0.2, 0) is 20.2 Å². The molecule has 0 aliphatic rings. The molecule has 0 aliphatic carbocycles. The Morgan fingerprint density at radius 3 is 2.37 bits per heavy atom. The van der Waals surface area contributed by atoms with Gasteiger partial charge in [-0.3, -0.25) is 4.57 Å². The van der Waals surface area contributed by atoms with Crippen LogP contribution in [0.2, 0.25) is 5.02 Å². The molecule has 2 aromatic carbocycles. The second kappa shape index (κ2) is 10.6. The van der Waals surface area contributed by atoms with Gasteiger partial charge in [0.15, 0.2) is 0 Å². The number of rotatable bonds is 10. The lowest BCUT2D eigenvalue weighted by Gasteiger charge is -2.15. The Bertz CT molecular complexity index is 1030. The summed E-state index contributed by atoms with van der Waals surface area (Å²) in [6.07, 6.45) is 3.57. The van der Waals surface area contributed by atoms with Crippen LogP contribution < -0.4 is 10.8 Å². The van der Waals surface area contributed by atoms with Gasteiger partial charge in [0.1, 0.15) is 0 Å². The van der Waals surface area contributed by atoms with Crippen molar-refractivity contribution < 1.29 is 18.0 Å². The second-order valence-corrected chi connectivity index (χ2v) is 8.57. The lowest BCUT2D eigenvalue weighted by molar-refractivity contribution is 0.229. The normalized spacial score (nSPS) is 11.8. The highest BCUT2D eigenvalue weighted by Gasteiger charge is 2.35. The van der Waals surface area contributed by atoms with Crippen molar-refractivity contribution in [2.24, 2.45) is 0 Å². The molecule has 6 nitrogen and oxygen atoms in total. The van der Waals surface area contributed by atoms with Gasteiger partial charge < -0.3 is 18.8 Å². The first kappa shape index (κ1) is 22.3. The predicted octanol–water partition coefficient (Wildman–Crippen LogP) is 6.00. The summed E-state index contributed by atoms with van der Waals surface area (Å²) in [5, 5.41) is 3.75. The van der Waals surface area contributed by atoms with E-state index >= 15 is 0 Å². The Balaban J connectivity index is 1.93. The maximum absolute atomic E-state index is 13.3. The Kier molecular flexibility index (Phi) is 7.88. The molecule has 0 aliphatic heterocycles. The highest BCUT2D eigenvalue weighted by Crippen LogP contribution is 2.48. The SMILES string of the molecule is CCOP(=O)(OCC)c1nc(C=Cc2ccccc2)oc1NCc1ccccc1Cl. The number of hydrogen-bond donors (Lipinski definition) is 1. The van der Waals surface area contributed by atoms with E-state index in [0.29, 0.717) is 11.6 Å². The van der Waals surface area contributed by atoms with E-state index < -0.39 is 7.60 Å². The molecular formula is C22H24ClN2O4P. The smallest absolute Gasteiger partial charge is 0.385 e. The van der Waals surface area contributed by atoms with Gasteiger partial charge in [-0.1, -0.05) is 60.1 Å². The largest absolute Gasteiger partial charge is 0.420 e. The minimum atomic E-state index is -3.65. The molecule has 0 amide bonds. The van der Waals surface area contributed by atoms with E-state index in [1.54, 1.807) is 26.0 Å². The zero-order valence-corrected chi connectivity index (χ0v) is 18.5. The molecule has 158 valence electrons. The van der Waals surface area contributed by atoms with E-state index in [1.165, 1.54) is 0 Å². The zero-order valence-electron chi connectivity index (χ0n) is 16.9. The van der Waals surface area contributed by atoms with Gasteiger partial charge in [-0.05, 0) is 37.1 Å². The van der Waals surface area contributed by atoms with Crippen molar-refractivity contribution in [2.45, 2.75) is 20.4 Å². The van der Waals surface area contributed by atoms with Gasteiger partial charge in [-0.25, -0.2) is 0 Å². The van der Waals surface area contributed by atoms with Crippen LogP contribution in [0.5, 0.6) is 0 Å². The summed E-state index contributed by atoms with van der Waals surface area (Å²) in [6, 6.07) is 17.2. The van der Waals surface area contributed by atoms with Crippen LogP contribution in [0.25, 0.3) is 12.2 Å². The van der Waals surface area contributed by atoms with Gasteiger partial charge in [-0.2, -0.15) is 4.98 Å².